The maximum atomic E-state index is 13.0. The average molecular weight is 376 g/mol. The first kappa shape index (κ1) is 18.4. The number of amides is 2. The molecule has 5 heteroatoms. The highest BCUT2D eigenvalue weighted by Crippen LogP contribution is 2.36. The molecule has 1 heterocycles. The van der Waals surface area contributed by atoms with Gasteiger partial charge in [0, 0.05) is 48.3 Å². The van der Waals surface area contributed by atoms with Gasteiger partial charge >= 0.3 is 0 Å². The quantitative estimate of drug-likeness (QED) is 0.655. The monoisotopic (exact) mass is 376 g/mol. The third-order valence-electron chi connectivity index (χ3n) is 5.47. The minimum absolute atomic E-state index is 0.0270. The van der Waals surface area contributed by atoms with Crippen LogP contribution in [0.2, 0.25) is 0 Å². The van der Waals surface area contributed by atoms with E-state index in [2.05, 4.69) is 0 Å². The van der Waals surface area contributed by atoms with Gasteiger partial charge < -0.3 is 9.80 Å². The normalized spacial score (nSPS) is 16.0. The van der Waals surface area contributed by atoms with E-state index in [1.54, 1.807) is 17.0 Å². The Morgan fingerprint density at radius 1 is 0.786 bits per heavy atom. The van der Waals surface area contributed by atoms with Crippen LogP contribution in [0.4, 0.5) is 0 Å². The Balaban J connectivity index is 1.50. The molecule has 0 atom stereocenters. The van der Waals surface area contributed by atoms with E-state index in [4.69, 9.17) is 0 Å². The average Bonchev–Trinajstić information content (AvgIpc) is 2.98. The highest BCUT2D eigenvalue weighted by molar-refractivity contribution is 6.22. The van der Waals surface area contributed by atoms with Gasteiger partial charge in [-0.15, -0.1) is 0 Å². The zero-order valence-electron chi connectivity index (χ0n) is 16.5. The summed E-state index contributed by atoms with van der Waals surface area (Å²) >= 11 is 0. The van der Waals surface area contributed by atoms with Gasteiger partial charge in [-0.25, -0.2) is 0 Å². The molecule has 2 aromatic rings. The number of fused-ring (bicyclic) bond motifs is 3. The van der Waals surface area contributed by atoms with Crippen LogP contribution < -0.4 is 0 Å². The van der Waals surface area contributed by atoms with E-state index in [0.717, 1.165) is 11.1 Å². The van der Waals surface area contributed by atoms with Gasteiger partial charge in [-0.1, -0.05) is 51.1 Å². The van der Waals surface area contributed by atoms with Gasteiger partial charge in [-0.2, -0.15) is 0 Å². The molecule has 0 saturated carbocycles. The van der Waals surface area contributed by atoms with Crippen molar-refractivity contribution in [2.45, 2.75) is 20.8 Å². The maximum absolute atomic E-state index is 13.0. The second kappa shape index (κ2) is 6.59. The van der Waals surface area contributed by atoms with E-state index in [-0.39, 0.29) is 17.6 Å². The van der Waals surface area contributed by atoms with E-state index in [0.29, 0.717) is 42.9 Å². The van der Waals surface area contributed by atoms with Gasteiger partial charge in [-0.05, 0) is 23.3 Å². The van der Waals surface area contributed by atoms with Gasteiger partial charge in [0.25, 0.3) is 5.91 Å². The molecule has 0 N–H and O–H groups in total. The Bertz CT molecular complexity index is 980. The van der Waals surface area contributed by atoms with E-state index < -0.39 is 5.41 Å². The summed E-state index contributed by atoms with van der Waals surface area (Å²) in [5, 5.41) is 0. The van der Waals surface area contributed by atoms with E-state index in [1.807, 2.05) is 56.0 Å². The molecule has 2 aromatic carbocycles. The molecule has 5 nitrogen and oxygen atoms in total. The number of hydrogen-bond donors (Lipinski definition) is 0. The number of rotatable bonds is 1. The maximum Gasteiger partial charge on any atom is 0.253 e. The third-order valence-corrected chi connectivity index (χ3v) is 5.47. The van der Waals surface area contributed by atoms with E-state index in [1.165, 1.54) is 0 Å². The molecular formula is C23H24N2O3. The summed E-state index contributed by atoms with van der Waals surface area (Å²) in [6.07, 6.45) is 0. The van der Waals surface area contributed by atoms with Crippen molar-refractivity contribution in [1.29, 1.82) is 0 Å². The summed E-state index contributed by atoms with van der Waals surface area (Å²) in [4.78, 5) is 41.7. The summed E-state index contributed by atoms with van der Waals surface area (Å²) < 4.78 is 0. The predicted octanol–water partition coefficient (Wildman–Crippen LogP) is 3.23. The molecule has 4 rings (SSSR count). The van der Waals surface area contributed by atoms with Gasteiger partial charge in [0.2, 0.25) is 5.91 Å². The van der Waals surface area contributed by atoms with Crippen LogP contribution in [0, 0.1) is 5.41 Å². The molecule has 0 radical (unpaired) electrons. The van der Waals surface area contributed by atoms with E-state index >= 15 is 0 Å². The Kier molecular flexibility index (Phi) is 4.33. The number of benzene rings is 2. The first-order valence-corrected chi connectivity index (χ1v) is 9.64. The lowest BCUT2D eigenvalue weighted by atomic mass is 9.94. The first-order valence-electron chi connectivity index (χ1n) is 9.64. The number of nitrogens with zero attached hydrogens (tertiary/aromatic N) is 2. The van der Waals surface area contributed by atoms with Crippen molar-refractivity contribution < 1.29 is 14.4 Å². The number of ketones is 1. The lowest BCUT2D eigenvalue weighted by molar-refractivity contribution is -0.140. The van der Waals surface area contributed by atoms with Crippen LogP contribution in [0.25, 0.3) is 11.1 Å². The van der Waals surface area contributed by atoms with Crippen molar-refractivity contribution in [3.63, 3.8) is 0 Å². The number of carbonyl (C=O) groups excluding carboxylic acids is 3. The SMILES string of the molecule is CC(C)(C)C(=O)N1CCN(C(=O)c2ccc3c(c2)C(=O)c2ccccc2-3)CC1. The van der Waals surface area contributed by atoms with Crippen LogP contribution in [0.3, 0.4) is 0 Å². The summed E-state index contributed by atoms with van der Waals surface area (Å²) in [6.45, 7) is 7.82. The lowest BCUT2D eigenvalue weighted by Gasteiger charge is -2.37. The molecule has 28 heavy (non-hydrogen) atoms. The minimum Gasteiger partial charge on any atom is -0.339 e. The van der Waals surface area contributed by atoms with Crippen LogP contribution in [0.15, 0.2) is 42.5 Å². The van der Waals surface area contributed by atoms with Gasteiger partial charge in [0.15, 0.2) is 5.78 Å². The topological polar surface area (TPSA) is 57.7 Å². The fourth-order valence-corrected chi connectivity index (χ4v) is 3.93. The van der Waals surface area contributed by atoms with Crippen LogP contribution in [0.5, 0.6) is 0 Å². The minimum atomic E-state index is -0.415. The Hall–Kier alpha value is -2.95. The van der Waals surface area contributed by atoms with E-state index in [9.17, 15) is 14.4 Å². The zero-order chi connectivity index (χ0) is 20.1. The number of hydrogen-bond acceptors (Lipinski definition) is 3. The molecule has 0 unspecified atom stereocenters. The van der Waals surface area contributed by atoms with Crippen LogP contribution in [-0.4, -0.2) is 53.6 Å². The molecule has 1 aliphatic carbocycles. The standard InChI is InChI=1S/C23H24N2O3/c1-23(2,3)22(28)25-12-10-24(11-13-25)21(27)15-8-9-17-16-6-4-5-7-18(16)20(26)19(17)14-15/h4-9,14H,10-13H2,1-3H3. The number of carbonyl (C=O) groups is 3. The molecule has 2 amide bonds. The highest BCUT2D eigenvalue weighted by atomic mass is 16.2. The molecular weight excluding hydrogens is 352 g/mol. The van der Waals surface area contributed by atoms with Crippen LogP contribution >= 0.6 is 0 Å². The fraction of sp³-hybridized carbons (Fsp3) is 0.348. The van der Waals surface area contributed by atoms with Crippen molar-refractivity contribution in [2.75, 3.05) is 26.2 Å². The zero-order valence-corrected chi connectivity index (χ0v) is 16.5. The van der Waals surface area contributed by atoms with Crippen molar-refractivity contribution >= 4 is 17.6 Å². The third kappa shape index (κ3) is 3.01. The Labute approximate surface area is 164 Å². The largest absolute Gasteiger partial charge is 0.339 e. The predicted molar refractivity (Wildman–Crippen MR) is 107 cm³/mol. The van der Waals surface area contributed by atoms with Gasteiger partial charge in [-0.3, -0.25) is 14.4 Å². The molecule has 1 fully saturated rings. The van der Waals surface area contributed by atoms with Crippen molar-refractivity contribution in [3.05, 3.63) is 59.2 Å². The summed E-state index contributed by atoms with van der Waals surface area (Å²) in [5.41, 5.74) is 3.20. The second-order valence-corrected chi connectivity index (χ2v) is 8.47. The molecule has 0 aromatic heterocycles. The molecule has 144 valence electrons. The lowest BCUT2D eigenvalue weighted by Crippen LogP contribution is -2.53. The Morgan fingerprint density at radius 3 is 2.00 bits per heavy atom. The van der Waals surface area contributed by atoms with Crippen LogP contribution in [-0.2, 0) is 4.79 Å². The van der Waals surface area contributed by atoms with Crippen molar-refractivity contribution in [3.8, 4) is 11.1 Å². The molecule has 0 bridgehead atoms. The fourth-order valence-electron chi connectivity index (χ4n) is 3.93. The van der Waals surface area contributed by atoms with Gasteiger partial charge in [0.1, 0.15) is 0 Å². The molecule has 0 spiro atoms. The van der Waals surface area contributed by atoms with Gasteiger partial charge in [0.05, 0.1) is 0 Å². The molecule has 1 saturated heterocycles. The summed E-state index contributed by atoms with van der Waals surface area (Å²) in [7, 11) is 0. The molecule has 1 aliphatic heterocycles. The molecule has 2 aliphatic rings. The second-order valence-electron chi connectivity index (χ2n) is 8.47. The summed E-state index contributed by atoms with van der Waals surface area (Å²) in [6, 6.07) is 12.9. The Morgan fingerprint density at radius 2 is 1.36 bits per heavy atom. The van der Waals surface area contributed by atoms with Crippen LogP contribution in [0.1, 0.15) is 47.1 Å². The highest BCUT2D eigenvalue weighted by Gasteiger charge is 2.32. The van der Waals surface area contributed by atoms with Crippen molar-refractivity contribution in [2.24, 2.45) is 5.41 Å². The number of piperazine rings is 1. The summed E-state index contributed by atoms with van der Waals surface area (Å²) in [5.74, 6) is -0.00394. The first-order chi connectivity index (χ1) is 13.3. The van der Waals surface area contributed by atoms with Crippen molar-refractivity contribution in [1.82, 2.24) is 9.80 Å². The smallest absolute Gasteiger partial charge is 0.253 e.